The van der Waals surface area contributed by atoms with Crippen LogP contribution in [-0.4, -0.2) is 35.1 Å². The Balaban J connectivity index is 1.18. The van der Waals surface area contributed by atoms with Gasteiger partial charge in [0.15, 0.2) is 0 Å². The van der Waals surface area contributed by atoms with Crippen molar-refractivity contribution in [1.82, 2.24) is 15.8 Å². The molecule has 0 atom stereocenters. The largest absolute Gasteiger partial charge is 0.384 e. The van der Waals surface area contributed by atoms with Crippen molar-refractivity contribution in [3.8, 4) is 0 Å². The first kappa shape index (κ1) is 26.6. The Bertz CT molecular complexity index is 1270. The lowest BCUT2D eigenvalue weighted by molar-refractivity contribution is -0.124. The van der Waals surface area contributed by atoms with E-state index in [2.05, 4.69) is 16.7 Å². The first-order valence-corrected chi connectivity index (χ1v) is 13.3. The molecule has 1 aromatic heterocycles. The summed E-state index contributed by atoms with van der Waals surface area (Å²) in [6.45, 7) is 1.54. The number of hydroxylamine groups is 1. The van der Waals surface area contributed by atoms with E-state index in [4.69, 9.17) is 21.8 Å². The lowest BCUT2D eigenvalue weighted by Gasteiger charge is -2.22. The van der Waals surface area contributed by atoms with Crippen LogP contribution in [-0.2, 0) is 17.6 Å². The Hall–Kier alpha value is -3.42. The number of pyridine rings is 1. The van der Waals surface area contributed by atoms with Crippen molar-refractivity contribution in [2.75, 3.05) is 18.4 Å². The molecule has 0 saturated heterocycles. The zero-order valence-corrected chi connectivity index (χ0v) is 21.6. The van der Waals surface area contributed by atoms with Gasteiger partial charge in [-0.2, -0.15) is 0 Å². The maximum atomic E-state index is 12.4. The number of benzene rings is 2. The molecule has 0 fully saturated rings. The monoisotopic (exact) mass is 520 g/mol. The van der Waals surface area contributed by atoms with E-state index in [1.54, 1.807) is 30.3 Å². The van der Waals surface area contributed by atoms with Crippen LogP contribution in [0.2, 0.25) is 5.02 Å². The number of hydrogen-bond acceptors (Lipinski definition) is 5. The number of hydrogen-bond donors (Lipinski definition) is 4. The van der Waals surface area contributed by atoms with Crippen molar-refractivity contribution >= 4 is 46.1 Å². The smallest absolute Gasteiger partial charge is 0.267 e. The number of fused-ring (bicyclic) bond motifs is 2. The number of aromatic nitrogens is 1. The Morgan fingerprint density at radius 1 is 0.973 bits per heavy atom. The van der Waals surface area contributed by atoms with Gasteiger partial charge in [-0.15, -0.1) is 0 Å². The SMILES string of the molecule is O=C(/C=C/c1ccc(C(=O)NCCCCCCNc2c3c(nc4cc(Cl)ccc24)CCCC3)cc1)NO. The Kier molecular flexibility index (Phi) is 9.52. The molecule has 0 bridgehead atoms. The molecule has 0 saturated carbocycles. The molecule has 194 valence electrons. The number of rotatable bonds is 11. The van der Waals surface area contributed by atoms with Gasteiger partial charge in [-0.3, -0.25) is 19.8 Å². The van der Waals surface area contributed by atoms with E-state index in [1.165, 1.54) is 41.3 Å². The first-order chi connectivity index (χ1) is 18.0. The summed E-state index contributed by atoms with van der Waals surface area (Å²) in [4.78, 5) is 28.3. The predicted octanol–water partition coefficient (Wildman–Crippen LogP) is 5.69. The third-order valence-electron chi connectivity index (χ3n) is 6.63. The number of carbonyl (C=O) groups is 2. The lowest BCUT2D eigenvalue weighted by atomic mass is 9.92. The molecule has 0 spiro atoms. The minimum atomic E-state index is -0.604. The zero-order valence-electron chi connectivity index (χ0n) is 20.9. The third kappa shape index (κ3) is 7.31. The van der Waals surface area contributed by atoms with Crippen molar-refractivity contribution in [3.63, 3.8) is 0 Å². The molecular formula is C29H33ClN4O3. The van der Waals surface area contributed by atoms with Gasteiger partial charge in [-0.05, 0) is 86.1 Å². The summed E-state index contributed by atoms with van der Waals surface area (Å²) in [5.74, 6) is -0.715. The summed E-state index contributed by atoms with van der Waals surface area (Å²) in [7, 11) is 0. The second-order valence-corrected chi connectivity index (χ2v) is 9.75. The van der Waals surface area contributed by atoms with Crippen LogP contribution in [0.5, 0.6) is 0 Å². The minimum Gasteiger partial charge on any atom is -0.384 e. The number of halogens is 1. The van der Waals surface area contributed by atoms with Crippen molar-refractivity contribution < 1.29 is 14.8 Å². The standard InChI is InChI=1S/C29H33ClN4O3/c30-22-14-15-24-26(19-22)33-25-8-4-3-7-23(25)28(24)31-17-5-1-2-6-18-32-29(36)21-12-9-20(10-13-21)11-16-27(35)34-37/h9-16,19,37H,1-8,17-18H2,(H,31,33)(H,32,36)(H,34,35)/b16-11+. The molecule has 2 amide bonds. The zero-order chi connectivity index (χ0) is 26.0. The van der Waals surface area contributed by atoms with Gasteiger partial charge in [0, 0.05) is 46.5 Å². The van der Waals surface area contributed by atoms with E-state index in [-0.39, 0.29) is 5.91 Å². The molecule has 0 aliphatic heterocycles. The van der Waals surface area contributed by atoms with Crippen molar-refractivity contribution in [1.29, 1.82) is 0 Å². The molecule has 7 nitrogen and oxygen atoms in total. The quantitative estimate of drug-likeness (QED) is 0.113. The summed E-state index contributed by atoms with van der Waals surface area (Å²) >= 11 is 6.22. The van der Waals surface area contributed by atoms with E-state index in [0.717, 1.165) is 61.5 Å². The van der Waals surface area contributed by atoms with Gasteiger partial charge in [-0.1, -0.05) is 36.6 Å². The van der Waals surface area contributed by atoms with E-state index >= 15 is 0 Å². The topological polar surface area (TPSA) is 103 Å². The summed E-state index contributed by atoms with van der Waals surface area (Å²) in [5.41, 5.74) is 7.63. The molecule has 2 aromatic carbocycles. The highest BCUT2D eigenvalue weighted by Crippen LogP contribution is 2.34. The van der Waals surface area contributed by atoms with Crippen LogP contribution in [0.25, 0.3) is 17.0 Å². The number of nitrogens with one attached hydrogen (secondary N) is 3. The molecule has 37 heavy (non-hydrogen) atoms. The number of nitrogens with zero attached hydrogens (tertiary/aromatic N) is 1. The van der Waals surface area contributed by atoms with E-state index < -0.39 is 5.91 Å². The van der Waals surface area contributed by atoms with Crippen molar-refractivity contribution in [2.24, 2.45) is 0 Å². The molecule has 4 rings (SSSR count). The molecule has 1 heterocycles. The maximum absolute atomic E-state index is 12.4. The van der Waals surface area contributed by atoms with E-state index in [1.807, 2.05) is 12.1 Å². The van der Waals surface area contributed by atoms with Crippen LogP contribution in [0.15, 0.2) is 48.5 Å². The summed E-state index contributed by atoms with van der Waals surface area (Å²) in [5, 5.41) is 17.0. The molecule has 0 radical (unpaired) electrons. The average Bonchev–Trinajstić information content (AvgIpc) is 2.92. The molecule has 4 N–H and O–H groups in total. The second kappa shape index (κ2) is 13.2. The average molecular weight is 521 g/mol. The summed E-state index contributed by atoms with van der Waals surface area (Å²) in [6, 6.07) is 12.9. The number of unbranched alkanes of at least 4 members (excludes halogenated alkanes) is 3. The Labute approximate surface area is 222 Å². The minimum absolute atomic E-state index is 0.111. The first-order valence-electron chi connectivity index (χ1n) is 12.9. The van der Waals surface area contributed by atoms with Crippen LogP contribution in [0.3, 0.4) is 0 Å². The molecular weight excluding hydrogens is 488 g/mol. The van der Waals surface area contributed by atoms with Crippen LogP contribution in [0.1, 0.15) is 65.7 Å². The van der Waals surface area contributed by atoms with Gasteiger partial charge >= 0.3 is 0 Å². The lowest BCUT2D eigenvalue weighted by Crippen LogP contribution is -2.24. The van der Waals surface area contributed by atoms with Crippen LogP contribution in [0, 0.1) is 0 Å². The maximum Gasteiger partial charge on any atom is 0.267 e. The fourth-order valence-electron chi connectivity index (χ4n) is 4.68. The highest BCUT2D eigenvalue weighted by molar-refractivity contribution is 6.31. The van der Waals surface area contributed by atoms with Crippen molar-refractivity contribution in [3.05, 3.63) is 75.9 Å². The van der Waals surface area contributed by atoms with Gasteiger partial charge in [-0.25, -0.2) is 5.48 Å². The third-order valence-corrected chi connectivity index (χ3v) is 6.86. The number of carbonyl (C=O) groups excluding carboxylic acids is 2. The van der Waals surface area contributed by atoms with Gasteiger partial charge in [0.2, 0.25) is 0 Å². The number of anilines is 1. The highest BCUT2D eigenvalue weighted by atomic mass is 35.5. The molecule has 1 aliphatic rings. The number of aryl methyl sites for hydroxylation is 1. The molecule has 3 aromatic rings. The Morgan fingerprint density at radius 3 is 2.51 bits per heavy atom. The van der Waals surface area contributed by atoms with E-state index in [0.29, 0.717) is 17.1 Å². The second-order valence-electron chi connectivity index (χ2n) is 9.31. The molecule has 0 unspecified atom stereocenters. The van der Waals surface area contributed by atoms with Gasteiger partial charge < -0.3 is 10.6 Å². The Morgan fingerprint density at radius 2 is 1.73 bits per heavy atom. The normalized spacial score (nSPS) is 12.9. The fourth-order valence-corrected chi connectivity index (χ4v) is 4.84. The number of amides is 2. The predicted molar refractivity (Wildman–Crippen MR) is 148 cm³/mol. The highest BCUT2D eigenvalue weighted by Gasteiger charge is 2.18. The van der Waals surface area contributed by atoms with Gasteiger partial charge in [0.1, 0.15) is 0 Å². The van der Waals surface area contributed by atoms with Gasteiger partial charge in [0.25, 0.3) is 11.8 Å². The van der Waals surface area contributed by atoms with Crippen LogP contribution in [0.4, 0.5) is 5.69 Å². The van der Waals surface area contributed by atoms with Crippen molar-refractivity contribution in [2.45, 2.75) is 51.4 Å². The fraction of sp³-hybridized carbons (Fsp3) is 0.345. The van der Waals surface area contributed by atoms with Crippen LogP contribution < -0.4 is 16.1 Å². The van der Waals surface area contributed by atoms with E-state index in [9.17, 15) is 9.59 Å². The molecule has 8 heteroatoms. The van der Waals surface area contributed by atoms with Gasteiger partial charge in [0.05, 0.1) is 5.52 Å². The molecule has 1 aliphatic carbocycles. The van der Waals surface area contributed by atoms with Crippen LogP contribution >= 0.6 is 11.6 Å². The summed E-state index contributed by atoms with van der Waals surface area (Å²) in [6.07, 6.45) is 11.4. The summed E-state index contributed by atoms with van der Waals surface area (Å²) < 4.78 is 0.